The third kappa shape index (κ3) is 6.76. The van der Waals surface area contributed by atoms with E-state index in [1.807, 2.05) is 26.2 Å². The average molecular weight is 572 g/mol. The van der Waals surface area contributed by atoms with Crippen LogP contribution < -0.4 is 4.90 Å². The molecule has 1 aliphatic rings. The summed E-state index contributed by atoms with van der Waals surface area (Å²) in [4.78, 5) is 22.2. The molecule has 196 valence electrons. The maximum Gasteiger partial charge on any atom is 0.260 e. The molecule has 1 saturated heterocycles. The Bertz CT molecular complexity index is 1270. The van der Waals surface area contributed by atoms with Gasteiger partial charge in [0.1, 0.15) is 0 Å². The molecular weight excluding hydrogens is 539 g/mol. The van der Waals surface area contributed by atoms with Crippen molar-refractivity contribution >= 4 is 66.6 Å². The van der Waals surface area contributed by atoms with Gasteiger partial charge in [0, 0.05) is 30.2 Å². The van der Waals surface area contributed by atoms with Crippen LogP contribution in [-0.2, 0) is 10.0 Å². The summed E-state index contributed by atoms with van der Waals surface area (Å²) in [6.45, 7) is 2.42. The van der Waals surface area contributed by atoms with E-state index in [4.69, 9.17) is 11.6 Å². The normalized spacial score (nSPS) is 15.0. The minimum Gasteiger partial charge on any atom is -0.309 e. The van der Waals surface area contributed by atoms with Crippen molar-refractivity contribution < 1.29 is 13.2 Å². The number of fused-ring (bicyclic) bond motifs is 1. The van der Waals surface area contributed by atoms with Crippen LogP contribution in [0.2, 0.25) is 5.02 Å². The fraction of sp³-hybridized carbons (Fsp3) is 0.440. The molecule has 0 N–H and O–H groups in total. The Labute approximate surface area is 228 Å². The highest BCUT2D eigenvalue weighted by atomic mass is 35.5. The largest absolute Gasteiger partial charge is 0.309 e. The molecule has 2 heterocycles. The number of hydrogen-bond donors (Lipinski definition) is 0. The predicted molar refractivity (Wildman–Crippen MR) is 150 cm³/mol. The van der Waals surface area contributed by atoms with Gasteiger partial charge in [-0.25, -0.2) is 13.4 Å². The van der Waals surface area contributed by atoms with Gasteiger partial charge in [-0.3, -0.25) is 9.69 Å². The minimum absolute atomic E-state index is 0. The zero-order chi connectivity index (χ0) is 25.0. The van der Waals surface area contributed by atoms with E-state index >= 15 is 0 Å². The minimum atomic E-state index is -3.57. The van der Waals surface area contributed by atoms with E-state index in [0.29, 0.717) is 35.4 Å². The first-order valence-electron chi connectivity index (χ1n) is 11.9. The van der Waals surface area contributed by atoms with Gasteiger partial charge in [0.25, 0.3) is 5.91 Å². The smallest absolute Gasteiger partial charge is 0.260 e. The van der Waals surface area contributed by atoms with Crippen LogP contribution in [0.3, 0.4) is 0 Å². The fourth-order valence-electron chi connectivity index (χ4n) is 4.19. The van der Waals surface area contributed by atoms with Crippen molar-refractivity contribution in [3.05, 3.63) is 53.1 Å². The van der Waals surface area contributed by atoms with Crippen LogP contribution in [0, 0.1) is 0 Å². The molecule has 1 fully saturated rings. The number of hydrogen-bond acceptors (Lipinski definition) is 6. The number of rotatable bonds is 8. The molecule has 36 heavy (non-hydrogen) atoms. The molecule has 11 heteroatoms. The highest BCUT2D eigenvalue weighted by molar-refractivity contribution is 7.89. The van der Waals surface area contributed by atoms with Crippen LogP contribution in [0.5, 0.6) is 0 Å². The van der Waals surface area contributed by atoms with Gasteiger partial charge in [-0.1, -0.05) is 35.8 Å². The second-order valence-corrected chi connectivity index (χ2v) is 12.4. The van der Waals surface area contributed by atoms with Crippen LogP contribution >= 0.6 is 35.3 Å². The number of nitrogens with zero attached hydrogens (tertiary/aromatic N) is 4. The van der Waals surface area contributed by atoms with Crippen molar-refractivity contribution in [1.82, 2.24) is 14.2 Å². The van der Waals surface area contributed by atoms with E-state index in [2.05, 4.69) is 9.88 Å². The Kier molecular flexibility index (Phi) is 10.1. The zero-order valence-electron chi connectivity index (χ0n) is 20.5. The first-order chi connectivity index (χ1) is 16.8. The second kappa shape index (κ2) is 12.7. The SMILES string of the molecule is CN(C)CCCN(C(=O)c1ccc(S(=O)(=O)N2CCCCCC2)cc1)c1nc2ccc(Cl)cc2s1.Cl. The molecule has 0 bridgehead atoms. The molecule has 7 nitrogen and oxygen atoms in total. The summed E-state index contributed by atoms with van der Waals surface area (Å²) >= 11 is 7.56. The number of thiazole rings is 1. The molecule has 1 amide bonds. The fourth-order valence-corrected chi connectivity index (χ4v) is 6.97. The van der Waals surface area contributed by atoms with Crippen molar-refractivity contribution in [2.75, 3.05) is 45.2 Å². The van der Waals surface area contributed by atoms with E-state index in [-0.39, 0.29) is 23.2 Å². The molecule has 0 spiro atoms. The molecule has 2 aromatic carbocycles. The highest BCUT2D eigenvalue weighted by Gasteiger charge is 2.26. The number of halogens is 2. The molecule has 0 unspecified atom stereocenters. The van der Waals surface area contributed by atoms with Crippen LogP contribution in [0.4, 0.5) is 5.13 Å². The summed E-state index contributed by atoms with van der Waals surface area (Å²) in [5.41, 5.74) is 1.22. The Morgan fingerprint density at radius 3 is 2.33 bits per heavy atom. The summed E-state index contributed by atoms with van der Waals surface area (Å²) in [5.74, 6) is -0.201. The van der Waals surface area contributed by atoms with Gasteiger partial charge >= 0.3 is 0 Å². The Morgan fingerprint density at radius 1 is 1.03 bits per heavy atom. The first kappa shape index (κ1) is 28.8. The summed E-state index contributed by atoms with van der Waals surface area (Å²) in [6, 6.07) is 11.8. The molecule has 0 atom stereocenters. The molecule has 0 radical (unpaired) electrons. The Morgan fingerprint density at radius 2 is 1.69 bits per heavy atom. The quantitative estimate of drug-likeness (QED) is 0.355. The summed E-state index contributed by atoms with van der Waals surface area (Å²) in [7, 11) is 0.425. The van der Waals surface area contributed by atoms with Gasteiger partial charge in [0.15, 0.2) is 5.13 Å². The summed E-state index contributed by atoms with van der Waals surface area (Å²) in [5, 5.41) is 1.23. The third-order valence-corrected chi connectivity index (χ3v) is 9.30. The maximum absolute atomic E-state index is 13.6. The van der Waals surface area contributed by atoms with E-state index in [1.54, 1.807) is 39.5 Å². The van der Waals surface area contributed by atoms with Crippen LogP contribution in [0.1, 0.15) is 42.5 Å². The first-order valence-corrected chi connectivity index (χ1v) is 14.5. The van der Waals surface area contributed by atoms with Gasteiger partial charge in [0.05, 0.1) is 15.1 Å². The number of aromatic nitrogens is 1. The van der Waals surface area contributed by atoms with Crippen molar-refractivity contribution in [3.63, 3.8) is 0 Å². The standard InChI is InChI=1S/C25H31ClN4O3S2.ClH/c1-28(2)14-7-17-30(25-27-22-13-10-20(26)18-23(22)34-25)24(31)19-8-11-21(12-9-19)35(32,33)29-15-5-3-4-6-16-29;/h8-13,18H,3-7,14-17H2,1-2H3;1H. The van der Waals surface area contributed by atoms with Gasteiger partial charge < -0.3 is 4.90 Å². The molecule has 1 aliphatic heterocycles. The summed E-state index contributed by atoms with van der Waals surface area (Å²) in [6.07, 6.45) is 4.65. The Balaban J connectivity index is 0.00000361. The van der Waals surface area contributed by atoms with E-state index in [9.17, 15) is 13.2 Å². The number of sulfonamides is 1. The predicted octanol–water partition coefficient (Wildman–Crippen LogP) is 5.53. The van der Waals surface area contributed by atoms with Crippen LogP contribution in [-0.4, -0.2) is 68.8 Å². The summed E-state index contributed by atoms with van der Waals surface area (Å²) < 4.78 is 28.7. The van der Waals surface area contributed by atoms with Crippen molar-refractivity contribution in [3.8, 4) is 0 Å². The lowest BCUT2D eigenvalue weighted by atomic mass is 10.2. The van der Waals surface area contributed by atoms with Crippen molar-refractivity contribution in [1.29, 1.82) is 0 Å². The van der Waals surface area contributed by atoms with Gasteiger partial charge in [0.2, 0.25) is 10.0 Å². The van der Waals surface area contributed by atoms with E-state index in [0.717, 1.165) is 48.9 Å². The lowest BCUT2D eigenvalue weighted by Gasteiger charge is -2.22. The van der Waals surface area contributed by atoms with E-state index in [1.165, 1.54) is 11.3 Å². The zero-order valence-corrected chi connectivity index (χ0v) is 23.7. The number of benzene rings is 2. The molecule has 1 aromatic heterocycles. The second-order valence-electron chi connectivity index (χ2n) is 9.06. The van der Waals surface area contributed by atoms with Crippen molar-refractivity contribution in [2.24, 2.45) is 0 Å². The molecular formula is C25H32Cl2N4O3S2. The van der Waals surface area contributed by atoms with Crippen LogP contribution in [0.25, 0.3) is 10.2 Å². The van der Waals surface area contributed by atoms with Gasteiger partial charge in [-0.15, -0.1) is 12.4 Å². The average Bonchev–Trinajstić information content (AvgIpc) is 3.04. The van der Waals surface area contributed by atoms with Gasteiger partial charge in [-0.05, 0) is 82.4 Å². The number of carbonyl (C=O) groups is 1. The van der Waals surface area contributed by atoms with Crippen LogP contribution in [0.15, 0.2) is 47.4 Å². The molecule has 4 rings (SSSR count). The highest BCUT2D eigenvalue weighted by Crippen LogP contribution is 2.32. The molecule has 3 aromatic rings. The van der Waals surface area contributed by atoms with E-state index < -0.39 is 10.0 Å². The monoisotopic (exact) mass is 570 g/mol. The topological polar surface area (TPSA) is 73.8 Å². The number of anilines is 1. The van der Waals surface area contributed by atoms with Crippen molar-refractivity contribution in [2.45, 2.75) is 37.0 Å². The number of amides is 1. The van der Waals surface area contributed by atoms with Gasteiger partial charge in [-0.2, -0.15) is 4.31 Å². The lowest BCUT2D eigenvalue weighted by Crippen LogP contribution is -2.34. The molecule has 0 aliphatic carbocycles. The maximum atomic E-state index is 13.6. The number of carbonyl (C=O) groups excluding carboxylic acids is 1. The Hall–Kier alpha value is -1.75. The third-order valence-electron chi connectivity index (χ3n) is 6.11. The molecule has 0 saturated carbocycles. The lowest BCUT2D eigenvalue weighted by molar-refractivity contribution is 0.0986.